The number of nitrogen functional groups attached to an aromatic ring is 1. The molecule has 2 N–H and O–H groups in total. The molecule has 162 valence electrons. The van der Waals surface area contributed by atoms with Gasteiger partial charge in [-0.25, -0.2) is 0 Å². The van der Waals surface area contributed by atoms with Gasteiger partial charge >= 0.3 is 0 Å². The molecule has 0 fully saturated rings. The molecule has 0 amide bonds. The van der Waals surface area contributed by atoms with Crippen LogP contribution in [0.15, 0.2) is 107 Å². The predicted molar refractivity (Wildman–Crippen MR) is 124 cm³/mol. The van der Waals surface area contributed by atoms with Crippen LogP contribution in [0.2, 0.25) is 0 Å². The summed E-state index contributed by atoms with van der Waals surface area (Å²) >= 11 is 0. The first-order chi connectivity index (χ1) is 15.4. The number of nitrogens with zero attached hydrogens (tertiary/aromatic N) is 3. The van der Waals surface area contributed by atoms with Gasteiger partial charge in [-0.2, -0.15) is 0 Å². The molecule has 0 aliphatic heterocycles. The number of hydrogen-bond acceptors (Lipinski definition) is 5. The summed E-state index contributed by atoms with van der Waals surface area (Å²) < 4.78 is 2.93. The topological polar surface area (TPSA) is 113 Å². The Morgan fingerprint density at radius 3 is 1.66 bits per heavy atom. The second-order valence-electron chi connectivity index (χ2n) is 7.01. The fourth-order valence-electron chi connectivity index (χ4n) is 2.98. The van der Waals surface area contributed by atoms with Crippen molar-refractivity contribution in [1.29, 1.82) is 0 Å². The SMILES string of the molecule is Nc1ccc(=O)n(Cc2ccccc2)c1.O=c1ccc([N+](=O)[O-])cn1Cc1ccccc1. The van der Waals surface area contributed by atoms with Gasteiger partial charge in [-0.15, -0.1) is 0 Å². The molecule has 2 aromatic heterocycles. The molecule has 4 aromatic rings. The summed E-state index contributed by atoms with van der Waals surface area (Å²) in [4.78, 5) is 33.1. The first-order valence-corrected chi connectivity index (χ1v) is 9.81. The highest BCUT2D eigenvalue weighted by molar-refractivity contribution is 5.33. The van der Waals surface area contributed by atoms with Crippen molar-refractivity contribution in [3.63, 3.8) is 0 Å². The van der Waals surface area contributed by atoms with Crippen molar-refractivity contribution >= 4 is 11.4 Å². The average molecular weight is 430 g/mol. The summed E-state index contributed by atoms with van der Waals surface area (Å²) in [5.74, 6) is 0. The summed E-state index contributed by atoms with van der Waals surface area (Å²) in [7, 11) is 0. The van der Waals surface area contributed by atoms with E-state index in [9.17, 15) is 19.7 Å². The summed E-state index contributed by atoms with van der Waals surface area (Å²) in [6, 6.07) is 24.7. The third kappa shape index (κ3) is 6.27. The van der Waals surface area contributed by atoms with Crippen LogP contribution in [0.25, 0.3) is 0 Å². The summed E-state index contributed by atoms with van der Waals surface area (Å²) in [6.45, 7) is 0.895. The number of pyridine rings is 2. The van der Waals surface area contributed by atoms with Crippen LogP contribution in [0.3, 0.4) is 0 Å². The Kier molecular flexibility index (Phi) is 7.32. The minimum absolute atomic E-state index is 0.0342. The van der Waals surface area contributed by atoms with Crippen molar-refractivity contribution in [3.8, 4) is 0 Å². The lowest BCUT2D eigenvalue weighted by atomic mass is 10.2. The van der Waals surface area contributed by atoms with Crippen LogP contribution in [-0.2, 0) is 13.1 Å². The largest absolute Gasteiger partial charge is 0.398 e. The molecular formula is C24H22N4O4. The van der Waals surface area contributed by atoms with E-state index in [1.165, 1.54) is 29.0 Å². The molecular weight excluding hydrogens is 408 g/mol. The van der Waals surface area contributed by atoms with E-state index in [0.717, 1.165) is 11.1 Å². The second-order valence-corrected chi connectivity index (χ2v) is 7.01. The van der Waals surface area contributed by atoms with Gasteiger partial charge < -0.3 is 14.9 Å². The van der Waals surface area contributed by atoms with Crippen LogP contribution in [0.4, 0.5) is 11.4 Å². The van der Waals surface area contributed by atoms with E-state index in [2.05, 4.69) is 0 Å². The average Bonchev–Trinajstić information content (AvgIpc) is 2.79. The molecule has 2 aromatic carbocycles. The molecule has 8 heteroatoms. The van der Waals surface area contributed by atoms with Crippen molar-refractivity contribution in [2.24, 2.45) is 0 Å². The number of nitrogens with two attached hydrogens (primary N) is 1. The zero-order chi connectivity index (χ0) is 22.9. The Balaban J connectivity index is 0.000000182. The maximum absolute atomic E-state index is 11.5. The first-order valence-electron chi connectivity index (χ1n) is 9.81. The standard InChI is InChI=1S/C12H10N2O3.C12H12N2O/c15-12-7-6-11(14(16)17)9-13(12)8-10-4-2-1-3-5-10;13-11-6-7-12(15)14(9-11)8-10-4-2-1-3-5-10/h1-7,9H,8H2;1-7,9H,8,13H2. The number of hydrogen-bond donors (Lipinski definition) is 1. The lowest BCUT2D eigenvalue weighted by Gasteiger charge is -2.05. The molecule has 0 saturated carbocycles. The fourth-order valence-corrected chi connectivity index (χ4v) is 2.98. The summed E-state index contributed by atoms with van der Waals surface area (Å²) in [5, 5.41) is 10.6. The fraction of sp³-hybridized carbons (Fsp3) is 0.0833. The minimum Gasteiger partial charge on any atom is -0.398 e. The number of benzene rings is 2. The Hall–Kier alpha value is -4.46. The number of anilines is 1. The molecule has 32 heavy (non-hydrogen) atoms. The second kappa shape index (κ2) is 10.5. The quantitative estimate of drug-likeness (QED) is 0.386. The lowest BCUT2D eigenvalue weighted by Crippen LogP contribution is -2.19. The van der Waals surface area contributed by atoms with E-state index in [-0.39, 0.29) is 16.8 Å². The maximum atomic E-state index is 11.5. The molecule has 0 saturated heterocycles. The number of rotatable bonds is 5. The van der Waals surface area contributed by atoms with Gasteiger partial charge in [0.25, 0.3) is 16.8 Å². The Labute approximate surface area is 184 Å². The Morgan fingerprint density at radius 2 is 1.16 bits per heavy atom. The van der Waals surface area contributed by atoms with Gasteiger partial charge in [0, 0.05) is 30.1 Å². The zero-order valence-corrected chi connectivity index (χ0v) is 17.2. The maximum Gasteiger partial charge on any atom is 0.285 e. The molecule has 0 unspecified atom stereocenters. The van der Waals surface area contributed by atoms with E-state index in [4.69, 9.17) is 5.73 Å². The van der Waals surface area contributed by atoms with Crippen molar-refractivity contribution in [2.75, 3.05) is 5.73 Å². The molecule has 0 aliphatic carbocycles. The third-order valence-electron chi connectivity index (χ3n) is 4.58. The van der Waals surface area contributed by atoms with E-state index < -0.39 is 4.92 Å². The van der Waals surface area contributed by atoms with E-state index >= 15 is 0 Å². The van der Waals surface area contributed by atoms with E-state index in [1.807, 2.05) is 60.7 Å². The van der Waals surface area contributed by atoms with Crippen molar-refractivity contribution in [2.45, 2.75) is 13.1 Å². The van der Waals surface area contributed by atoms with Crippen molar-refractivity contribution in [1.82, 2.24) is 9.13 Å². The third-order valence-corrected chi connectivity index (χ3v) is 4.58. The molecule has 0 spiro atoms. The molecule has 8 nitrogen and oxygen atoms in total. The van der Waals surface area contributed by atoms with Crippen molar-refractivity contribution in [3.05, 3.63) is 139 Å². The van der Waals surface area contributed by atoms with Crippen LogP contribution < -0.4 is 16.9 Å². The van der Waals surface area contributed by atoms with Crippen LogP contribution in [0.5, 0.6) is 0 Å². The van der Waals surface area contributed by atoms with Crippen LogP contribution >= 0.6 is 0 Å². The van der Waals surface area contributed by atoms with Gasteiger partial charge in [0.1, 0.15) is 0 Å². The predicted octanol–water partition coefficient (Wildman–Crippen LogP) is 3.28. The van der Waals surface area contributed by atoms with Gasteiger partial charge in [-0.1, -0.05) is 60.7 Å². The molecule has 0 atom stereocenters. The van der Waals surface area contributed by atoms with E-state index in [1.54, 1.807) is 16.8 Å². The number of nitro groups is 1. The highest BCUT2D eigenvalue weighted by atomic mass is 16.6. The number of aromatic nitrogens is 2. The Morgan fingerprint density at radius 1 is 0.688 bits per heavy atom. The van der Waals surface area contributed by atoms with Gasteiger partial charge in [0.2, 0.25) is 0 Å². The van der Waals surface area contributed by atoms with Crippen LogP contribution in [-0.4, -0.2) is 14.1 Å². The smallest absolute Gasteiger partial charge is 0.285 e. The molecule has 4 rings (SSSR count). The first kappa shape index (κ1) is 22.2. The normalized spacial score (nSPS) is 10.1. The van der Waals surface area contributed by atoms with Gasteiger partial charge in [-0.3, -0.25) is 19.7 Å². The summed E-state index contributed by atoms with van der Waals surface area (Å²) in [6.07, 6.45) is 2.92. The lowest BCUT2D eigenvalue weighted by molar-refractivity contribution is -0.385. The zero-order valence-electron chi connectivity index (χ0n) is 17.2. The van der Waals surface area contributed by atoms with E-state index in [0.29, 0.717) is 18.8 Å². The van der Waals surface area contributed by atoms with Crippen LogP contribution in [0, 0.1) is 10.1 Å². The highest BCUT2D eigenvalue weighted by Crippen LogP contribution is 2.08. The molecule has 0 aliphatic rings. The molecule has 0 bridgehead atoms. The monoisotopic (exact) mass is 430 g/mol. The summed E-state index contributed by atoms with van der Waals surface area (Å²) in [5.41, 5.74) is 7.87. The van der Waals surface area contributed by atoms with Crippen LogP contribution in [0.1, 0.15) is 11.1 Å². The highest BCUT2D eigenvalue weighted by Gasteiger charge is 2.07. The van der Waals surface area contributed by atoms with Gasteiger partial charge in [-0.05, 0) is 17.2 Å². The molecule has 0 radical (unpaired) electrons. The Bertz CT molecular complexity index is 1300. The minimum atomic E-state index is -0.513. The van der Waals surface area contributed by atoms with Crippen molar-refractivity contribution < 1.29 is 4.92 Å². The molecule has 2 heterocycles. The van der Waals surface area contributed by atoms with Gasteiger partial charge in [0.05, 0.1) is 24.2 Å². The van der Waals surface area contributed by atoms with Gasteiger partial charge in [0.15, 0.2) is 0 Å².